The highest BCUT2D eigenvalue weighted by Gasteiger charge is 2.28. The zero-order chi connectivity index (χ0) is 14.0. The van der Waals surface area contributed by atoms with Crippen LogP contribution < -0.4 is 11.1 Å². The smallest absolute Gasteiger partial charge is 0.329 e. The molecule has 0 aliphatic heterocycles. The highest BCUT2D eigenvalue weighted by atomic mass is 32.1. The van der Waals surface area contributed by atoms with Crippen LogP contribution in [-0.2, 0) is 5.41 Å². The number of thiophene rings is 1. The van der Waals surface area contributed by atoms with Crippen LogP contribution >= 0.6 is 11.3 Å². The van der Waals surface area contributed by atoms with Crippen molar-refractivity contribution < 1.29 is 13.2 Å². The maximum absolute atomic E-state index is 12.2. The minimum atomic E-state index is -4.21. The van der Waals surface area contributed by atoms with Crippen molar-refractivity contribution in [1.82, 2.24) is 5.32 Å². The Kier molecular flexibility index (Phi) is 4.80. The molecular formula is C12H19F3N2S. The summed E-state index contributed by atoms with van der Waals surface area (Å²) < 4.78 is 36.5. The zero-order valence-corrected chi connectivity index (χ0v) is 11.6. The van der Waals surface area contributed by atoms with Gasteiger partial charge in [-0.2, -0.15) is 13.2 Å². The molecule has 0 radical (unpaired) electrons. The standard InChI is InChI=1S/C12H19F3N2S/c1-11(2,3)10-5-4-9(18-10)8(6-16)17-7-12(13,14)15/h4-5,8,17H,6-7,16H2,1-3H3. The van der Waals surface area contributed by atoms with Crippen LogP contribution in [0.5, 0.6) is 0 Å². The molecule has 0 aliphatic carbocycles. The molecule has 2 nitrogen and oxygen atoms in total. The van der Waals surface area contributed by atoms with Crippen molar-refractivity contribution in [3.63, 3.8) is 0 Å². The highest BCUT2D eigenvalue weighted by Crippen LogP contribution is 2.32. The van der Waals surface area contributed by atoms with Gasteiger partial charge in [-0.1, -0.05) is 20.8 Å². The van der Waals surface area contributed by atoms with Gasteiger partial charge in [-0.25, -0.2) is 0 Å². The molecule has 0 saturated heterocycles. The summed E-state index contributed by atoms with van der Waals surface area (Å²) >= 11 is 1.51. The number of rotatable bonds is 4. The van der Waals surface area contributed by atoms with E-state index in [-0.39, 0.29) is 12.0 Å². The molecule has 0 fully saturated rings. The van der Waals surface area contributed by atoms with Gasteiger partial charge >= 0.3 is 6.18 Å². The monoisotopic (exact) mass is 280 g/mol. The maximum atomic E-state index is 12.2. The minimum absolute atomic E-state index is 0.00604. The van der Waals surface area contributed by atoms with Crippen molar-refractivity contribution in [2.75, 3.05) is 13.1 Å². The Labute approximate surface area is 109 Å². The Bertz CT molecular complexity index is 379. The van der Waals surface area contributed by atoms with Gasteiger partial charge in [-0.3, -0.25) is 5.32 Å². The molecule has 1 rings (SSSR count). The van der Waals surface area contributed by atoms with Crippen molar-refractivity contribution in [3.05, 3.63) is 21.9 Å². The van der Waals surface area contributed by atoms with Gasteiger partial charge in [0.1, 0.15) is 0 Å². The molecule has 1 atom stereocenters. The Hall–Kier alpha value is -0.590. The van der Waals surface area contributed by atoms with Crippen LogP contribution in [0.15, 0.2) is 12.1 Å². The Balaban J connectivity index is 2.74. The van der Waals surface area contributed by atoms with Gasteiger partial charge in [0, 0.05) is 16.3 Å². The first-order valence-electron chi connectivity index (χ1n) is 5.74. The quantitative estimate of drug-likeness (QED) is 0.889. The number of hydrogen-bond acceptors (Lipinski definition) is 3. The van der Waals surface area contributed by atoms with E-state index >= 15 is 0 Å². The van der Waals surface area contributed by atoms with Gasteiger partial charge in [0.05, 0.1) is 12.6 Å². The van der Waals surface area contributed by atoms with E-state index in [1.54, 1.807) is 0 Å². The third-order valence-corrected chi connectivity index (χ3v) is 4.12. The van der Waals surface area contributed by atoms with Gasteiger partial charge in [0.15, 0.2) is 0 Å². The molecule has 0 aromatic carbocycles. The van der Waals surface area contributed by atoms with Crippen molar-refractivity contribution in [3.8, 4) is 0 Å². The van der Waals surface area contributed by atoms with E-state index in [0.717, 1.165) is 9.75 Å². The molecule has 0 spiro atoms. The number of halogens is 3. The molecule has 0 bridgehead atoms. The summed E-state index contributed by atoms with van der Waals surface area (Å²) in [6, 6.07) is 3.37. The lowest BCUT2D eigenvalue weighted by Crippen LogP contribution is -2.35. The van der Waals surface area contributed by atoms with Crippen molar-refractivity contribution in [1.29, 1.82) is 0 Å². The van der Waals surface area contributed by atoms with Crippen LogP contribution in [0.3, 0.4) is 0 Å². The fraction of sp³-hybridized carbons (Fsp3) is 0.667. The second kappa shape index (κ2) is 5.59. The summed E-state index contributed by atoms with van der Waals surface area (Å²) in [5.41, 5.74) is 5.54. The van der Waals surface area contributed by atoms with E-state index in [0.29, 0.717) is 0 Å². The number of nitrogens with one attached hydrogen (secondary N) is 1. The molecule has 1 aromatic heterocycles. The number of nitrogens with two attached hydrogens (primary N) is 1. The summed E-state index contributed by atoms with van der Waals surface area (Å²) in [6.07, 6.45) is -4.21. The van der Waals surface area contributed by atoms with E-state index in [1.165, 1.54) is 11.3 Å². The third-order valence-electron chi connectivity index (χ3n) is 2.49. The molecular weight excluding hydrogens is 261 g/mol. The summed E-state index contributed by atoms with van der Waals surface area (Å²) in [6.45, 7) is 5.35. The SMILES string of the molecule is CC(C)(C)c1ccc(C(CN)NCC(F)(F)F)s1. The van der Waals surface area contributed by atoms with Crippen molar-refractivity contribution in [2.45, 2.75) is 38.4 Å². The molecule has 0 aliphatic rings. The molecule has 0 amide bonds. The average Bonchev–Trinajstić information content (AvgIpc) is 2.65. The summed E-state index contributed by atoms with van der Waals surface area (Å²) in [7, 11) is 0. The highest BCUT2D eigenvalue weighted by molar-refractivity contribution is 7.12. The van der Waals surface area contributed by atoms with Crippen LogP contribution in [-0.4, -0.2) is 19.3 Å². The lowest BCUT2D eigenvalue weighted by atomic mass is 9.95. The maximum Gasteiger partial charge on any atom is 0.401 e. The lowest BCUT2D eigenvalue weighted by molar-refractivity contribution is -0.126. The van der Waals surface area contributed by atoms with E-state index in [9.17, 15) is 13.2 Å². The fourth-order valence-corrected chi connectivity index (χ4v) is 2.64. The van der Waals surface area contributed by atoms with Crippen LogP contribution in [0.1, 0.15) is 36.6 Å². The van der Waals surface area contributed by atoms with Gasteiger partial charge in [-0.15, -0.1) is 11.3 Å². The molecule has 1 unspecified atom stereocenters. The van der Waals surface area contributed by atoms with Crippen LogP contribution in [0.2, 0.25) is 0 Å². The second-order valence-electron chi connectivity index (χ2n) is 5.24. The lowest BCUT2D eigenvalue weighted by Gasteiger charge is -2.18. The normalized spacial score (nSPS) is 14.8. The van der Waals surface area contributed by atoms with E-state index in [4.69, 9.17) is 5.73 Å². The third kappa shape index (κ3) is 4.59. The predicted molar refractivity (Wildman–Crippen MR) is 68.9 cm³/mol. The van der Waals surface area contributed by atoms with Crippen LogP contribution in [0, 0.1) is 0 Å². The molecule has 0 saturated carbocycles. The number of alkyl halides is 3. The van der Waals surface area contributed by atoms with Crippen LogP contribution in [0.4, 0.5) is 13.2 Å². The first-order valence-corrected chi connectivity index (χ1v) is 6.55. The molecule has 3 N–H and O–H groups in total. The predicted octanol–water partition coefficient (Wildman–Crippen LogP) is 3.20. The fourth-order valence-electron chi connectivity index (χ4n) is 1.48. The van der Waals surface area contributed by atoms with Gasteiger partial charge in [0.25, 0.3) is 0 Å². The van der Waals surface area contributed by atoms with E-state index in [1.807, 2.05) is 12.1 Å². The molecule has 18 heavy (non-hydrogen) atoms. The topological polar surface area (TPSA) is 38.0 Å². The van der Waals surface area contributed by atoms with Gasteiger partial charge in [0.2, 0.25) is 0 Å². The van der Waals surface area contributed by atoms with Crippen molar-refractivity contribution in [2.24, 2.45) is 5.73 Å². The summed E-state index contributed by atoms with van der Waals surface area (Å²) in [4.78, 5) is 2.00. The van der Waals surface area contributed by atoms with Crippen LogP contribution in [0.25, 0.3) is 0 Å². The summed E-state index contributed by atoms with van der Waals surface area (Å²) in [5.74, 6) is 0. The summed E-state index contributed by atoms with van der Waals surface area (Å²) in [5, 5.41) is 2.45. The van der Waals surface area contributed by atoms with Gasteiger partial charge in [-0.05, 0) is 17.5 Å². The molecule has 1 heterocycles. The Morgan fingerprint density at radius 1 is 1.28 bits per heavy atom. The van der Waals surface area contributed by atoms with E-state index in [2.05, 4.69) is 26.1 Å². The van der Waals surface area contributed by atoms with Crippen molar-refractivity contribution >= 4 is 11.3 Å². The molecule has 104 valence electrons. The minimum Gasteiger partial charge on any atom is -0.329 e. The number of hydrogen-bond donors (Lipinski definition) is 2. The second-order valence-corrected chi connectivity index (χ2v) is 6.35. The Morgan fingerprint density at radius 2 is 1.89 bits per heavy atom. The molecule has 6 heteroatoms. The first-order chi connectivity index (χ1) is 8.13. The molecule has 1 aromatic rings. The average molecular weight is 280 g/mol. The van der Waals surface area contributed by atoms with Gasteiger partial charge < -0.3 is 5.73 Å². The Morgan fingerprint density at radius 3 is 2.28 bits per heavy atom. The van der Waals surface area contributed by atoms with E-state index < -0.39 is 18.8 Å². The first kappa shape index (κ1) is 15.5. The zero-order valence-electron chi connectivity index (χ0n) is 10.8. The largest absolute Gasteiger partial charge is 0.401 e.